The van der Waals surface area contributed by atoms with Crippen LogP contribution in [-0.2, 0) is 6.61 Å². The number of hydrogen-bond acceptors (Lipinski definition) is 3. The van der Waals surface area contributed by atoms with Crippen LogP contribution in [0.4, 0.5) is 5.82 Å². The Labute approximate surface area is 111 Å². The van der Waals surface area contributed by atoms with Crippen LogP contribution in [-0.4, -0.2) is 22.7 Å². The van der Waals surface area contributed by atoms with Crippen LogP contribution < -0.4 is 4.90 Å². The van der Waals surface area contributed by atoms with Crippen molar-refractivity contribution >= 4 is 5.82 Å². The molecule has 1 aromatic rings. The standard InChI is InChI=1S/C15H26N2O/c1-5-6-7-8-17(12(2)3)15-10-14(11-18)9-13(4)16-15/h9-10,12,18H,5-8,11H2,1-4H3. The molecular weight excluding hydrogens is 224 g/mol. The average Bonchev–Trinajstić information content (AvgIpc) is 2.33. The van der Waals surface area contributed by atoms with Gasteiger partial charge in [-0.15, -0.1) is 0 Å². The van der Waals surface area contributed by atoms with E-state index in [-0.39, 0.29) is 6.61 Å². The van der Waals surface area contributed by atoms with Crippen molar-refractivity contribution in [1.29, 1.82) is 0 Å². The summed E-state index contributed by atoms with van der Waals surface area (Å²) in [6.45, 7) is 9.69. The zero-order valence-electron chi connectivity index (χ0n) is 12.1. The molecule has 102 valence electrons. The molecule has 0 aliphatic heterocycles. The molecule has 0 amide bonds. The van der Waals surface area contributed by atoms with E-state index in [0.29, 0.717) is 6.04 Å². The Bertz CT molecular complexity index is 364. The van der Waals surface area contributed by atoms with Gasteiger partial charge in [0.15, 0.2) is 0 Å². The van der Waals surface area contributed by atoms with Crippen LogP contribution in [0.1, 0.15) is 51.3 Å². The summed E-state index contributed by atoms with van der Waals surface area (Å²) in [5, 5.41) is 9.27. The summed E-state index contributed by atoms with van der Waals surface area (Å²) in [5.41, 5.74) is 1.91. The topological polar surface area (TPSA) is 36.4 Å². The fraction of sp³-hybridized carbons (Fsp3) is 0.667. The highest BCUT2D eigenvalue weighted by Crippen LogP contribution is 2.18. The average molecular weight is 250 g/mol. The number of hydrogen-bond donors (Lipinski definition) is 1. The SMILES string of the molecule is CCCCCN(c1cc(CO)cc(C)n1)C(C)C. The maximum Gasteiger partial charge on any atom is 0.129 e. The minimum Gasteiger partial charge on any atom is -0.392 e. The van der Waals surface area contributed by atoms with Crippen LogP contribution in [0, 0.1) is 6.92 Å². The minimum absolute atomic E-state index is 0.0806. The fourth-order valence-electron chi connectivity index (χ4n) is 2.13. The van der Waals surface area contributed by atoms with Gasteiger partial charge in [0.05, 0.1) is 6.61 Å². The van der Waals surface area contributed by atoms with Crippen molar-refractivity contribution in [2.45, 2.75) is 59.6 Å². The van der Waals surface area contributed by atoms with Crippen molar-refractivity contribution in [3.63, 3.8) is 0 Å². The van der Waals surface area contributed by atoms with Crippen LogP contribution in [0.2, 0.25) is 0 Å². The van der Waals surface area contributed by atoms with Gasteiger partial charge < -0.3 is 10.0 Å². The van der Waals surface area contributed by atoms with Gasteiger partial charge in [-0.05, 0) is 44.9 Å². The molecule has 1 rings (SSSR count). The molecule has 0 aromatic carbocycles. The van der Waals surface area contributed by atoms with Gasteiger partial charge in [-0.2, -0.15) is 0 Å². The van der Waals surface area contributed by atoms with Crippen molar-refractivity contribution in [3.05, 3.63) is 23.4 Å². The third-order valence-electron chi connectivity index (χ3n) is 3.10. The third kappa shape index (κ3) is 4.30. The van der Waals surface area contributed by atoms with Crippen molar-refractivity contribution in [2.24, 2.45) is 0 Å². The Morgan fingerprint density at radius 3 is 2.56 bits per heavy atom. The molecular formula is C15H26N2O. The van der Waals surface area contributed by atoms with Gasteiger partial charge in [0.25, 0.3) is 0 Å². The zero-order chi connectivity index (χ0) is 13.5. The first-order valence-electron chi connectivity index (χ1n) is 6.93. The molecule has 0 spiro atoms. The molecule has 0 aliphatic carbocycles. The largest absolute Gasteiger partial charge is 0.392 e. The number of aliphatic hydroxyl groups is 1. The Morgan fingerprint density at radius 2 is 2.00 bits per heavy atom. The third-order valence-corrected chi connectivity index (χ3v) is 3.10. The summed E-state index contributed by atoms with van der Waals surface area (Å²) in [6.07, 6.45) is 3.68. The number of aryl methyl sites for hydroxylation is 1. The van der Waals surface area contributed by atoms with Gasteiger partial charge in [-0.1, -0.05) is 19.8 Å². The van der Waals surface area contributed by atoms with Gasteiger partial charge in [0, 0.05) is 18.3 Å². The molecule has 0 bridgehead atoms. The van der Waals surface area contributed by atoms with Crippen LogP contribution in [0.5, 0.6) is 0 Å². The van der Waals surface area contributed by atoms with E-state index < -0.39 is 0 Å². The molecule has 18 heavy (non-hydrogen) atoms. The van der Waals surface area contributed by atoms with Crippen LogP contribution >= 0.6 is 0 Å². The predicted molar refractivity (Wildman–Crippen MR) is 76.9 cm³/mol. The minimum atomic E-state index is 0.0806. The molecule has 0 aliphatic rings. The van der Waals surface area contributed by atoms with Gasteiger partial charge in [0.2, 0.25) is 0 Å². The van der Waals surface area contributed by atoms with Gasteiger partial charge in [0.1, 0.15) is 5.82 Å². The van der Waals surface area contributed by atoms with E-state index in [1.54, 1.807) is 0 Å². The summed E-state index contributed by atoms with van der Waals surface area (Å²) in [4.78, 5) is 6.92. The lowest BCUT2D eigenvalue weighted by atomic mass is 10.2. The van der Waals surface area contributed by atoms with Gasteiger partial charge in [-0.3, -0.25) is 0 Å². The van der Waals surface area contributed by atoms with E-state index >= 15 is 0 Å². The predicted octanol–water partition coefficient (Wildman–Crippen LogP) is 3.29. The highest BCUT2D eigenvalue weighted by atomic mass is 16.3. The first kappa shape index (κ1) is 15.0. The van der Waals surface area contributed by atoms with Crippen molar-refractivity contribution in [1.82, 2.24) is 4.98 Å². The Kier molecular flexibility index (Phi) is 6.13. The van der Waals surface area contributed by atoms with Crippen LogP contribution in [0.15, 0.2) is 12.1 Å². The number of aromatic nitrogens is 1. The summed E-state index contributed by atoms with van der Waals surface area (Å²) in [7, 11) is 0. The number of unbranched alkanes of at least 4 members (excludes halogenated alkanes) is 2. The molecule has 3 nitrogen and oxygen atoms in total. The van der Waals surface area contributed by atoms with E-state index in [1.807, 2.05) is 19.1 Å². The number of nitrogens with zero attached hydrogens (tertiary/aromatic N) is 2. The first-order chi connectivity index (χ1) is 8.58. The maximum absolute atomic E-state index is 9.27. The second-order valence-corrected chi connectivity index (χ2v) is 5.13. The Hall–Kier alpha value is -1.09. The number of rotatable bonds is 7. The lowest BCUT2D eigenvalue weighted by Gasteiger charge is -2.28. The second-order valence-electron chi connectivity index (χ2n) is 5.13. The Morgan fingerprint density at radius 1 is 1.28 bits per heavy atom. The molecule has 0 radical (unpaired) electrons. The molecule has 3 heteroatoms. The maximum atomic E-state index is 9.27. The molecule has 1 aromatic heterocycles. The number of anilines is 1. The summed E-state index contributed by atoms with van der Waals surface area (Å²) in [6, 6.07) is 4.37. The molecule has 1 N–H and O–H groups in total. The lowest BCUT2D eigenvalue weighted by molar-refractivity contribution is 0.281. The molecule has 0 saturated heterocycles. The normalized spacial score (nSPS) is 11.0. The van der Waals surface area contributed by atoms with E-state index in [9.17, 15) is 5.11 Å². The summed E-state index contributed by atoms with van der Waals surface area (Å²) < 4.78 is 0. The smallest absolute Gasteiger partial charge is 0.129 e. The second kappa shape index (κ2) is 7.37. The van der Waals surface area contributed by atoms with E-state index in [1.165, 1.54) is 19.3 Å². The highest BCUT2D eigenvalue weighted by Gasteiger charge is 2.12. The molecule has 0 atom stereocenters. The monoisotopic (exact) mass is 250 g/mol. The van der Waals surface area contributed by atoms with E-state index in [4.69, 9.17) is 0 Å². The lowest BCUT2D eigenvalue weighted by Crippen LogP contribution is -2.32. The van der Waals surface area contributed by atoms with Crippen LogP contribution in [0.3, 0.4) is 0 Å². The summed E-state index contributed by atoms with van der Waals surface area (Å²) >= 11 is 0. The molecule has 0 fully saturated rings. The highest BCUT2D eigenvalue weighted by molar-refractivity contribution is 5.43. The zero-order valence-corrected chi connectivity index (χ0v) is 12.1. The van der Waals surface area contributed by atoms with Gasteiger partial charge in [-0.25, -0.2) is 4.98 Å². The summed E-state index contributed by atoms with van der Waals surface area (Å²) in [5.74, 6) is 0.991. The fourth-order valence-corrected chi connectivity index (χ4v) is 2.13. The van der Waals surface area contributed by atoms with E-state index in [2.05, 4.69) is 30.7 Å². The Balaban J connectivity index is 2.87. The number of pyridine rings is 1. The van der Waals surface area contributed by atoms with Gasteiger partial charge >= 0.3 is 0 Å². The van der Waals surface area contributed by atoms with Crippen LogP contribution in [0.25, 0.3) is 0 Å². The van der Waals surface area contributed by atoms with Crippen molar-refractivity contribution in [3.8, 4) is 0 Å². The molecule has 1 heterocycles. The molecule has 0 saturated carbocycles. The first-order valence-corrected chi connectivity index (χ1v) is 6.93. The number of aliphatic hydroxyl groups excluding tert-OH is 1. The van der Waals surface area contributed by atoms with E-state index in [0.717, 1.165) is 23.6 Å². The molecule has 0 unspecified atom stereocenters. The quantitative estimate of drug-likeness (QED) is 0.754. The van der Waals surface area contributed by atoms with Crippen molar-refractivity contribution in [2.75, 3.05) is 11.4 Å². The van der Waals surface area contributed by atoms with Crippen molar-refractivity contribution < 1.29 is 5.11 Å².